The van der Waals surface area contributed by atoms with E-state index < -0.39 is 0 Å². The number of ether oxygens (including phenoxy) is 1. The largest absolute Gasteiger partial charge is 0.384 e. The van der Waals surface area contributed by atoms with Crippen LogP contribution >= 0.6 is 0 Å². The zero-order chi connectivity index (χ0) is 14.9. The number of nitrogens with one attached hydrogen (secondary N) is 1. The van der Waals surface area contributed by atoms with Crippen molar-refractivity contribution < 1.29 is 4.74 Å². The third kappa shape index (κ3) is 2.03. The first-order valence-corrected chi connectivity index (χ1v) is 7.00. The summed E-state index contributed by atoms with van der Waals surface area (Å²) >= 11 is 0. The first kappa shape index (κ1) is 12.9. The van der Waals surface area contributed by atoms with E-state index in [0.29, 0.717) is 24.5 Å². The third-order valence-corrected chi connectivity index (χ3v) is 3.49. The topological polar surface area (TPSA) is 81.0 Å². The number of imidazole rings is 1. The lowest BCUT2D eigenvalue weighted by Gasteiger charge is -2.02. The van der Waals surface area contributed by atoms with Gasteiger partial charge in [0.15, 0.2) is 17.1 Å². The second kappa shape index (κ2) is 5.19. The Bertz CT molecular complexity index is 927. The number of hydrogen-bond donors (Lipinski definition) is 1. The van der Waals surface area contributed by atoms with Gasteiger partial charge in [-0.25, -0.2) is 15.0 Å². The quantitative estimate of drug-likeness (QED) is 0.621. The molecule has 3 heterocycles. The number of aromatic amines is 1. The van der Waals surface area contributed by atoms with Crippen LogP contribution in [0, 0.1) is 0 Å². The number of hydrogen-bond acceptors (Lipinski definition) is 5. The Kier molecular flexibility index (Phi) is 3.05. The van der Waals surface area contributed by atoms with Gasteiger partial charge in [0.25, 0.3) is 0 Å². The summed E-state index contributed by atoms with van der Waals surface area (Å²) in [5.74, 6) is 1.45. The molecular formula is C15H14N6O. The van der Waals surface area contributed by atoms with Gasteiger partial charge in [-0.1, -0.05) is 30.3 Å². The Balaban J connectivity index is 1.96. The van der Waals surface area contributed by atoms with Crippen molar-refractivity contribution in [1.29, 1.82) is 0 Å². The maximum atomic E-state index is 5.15. The summed E-state index contributed by atoms with van der Waals surface area (Å²) < 4.78 is 6.92. The third-order valence-electron chi connectivity index (χ3n) is 3.49. The Labute approximate surface area is 126 Å². The highest BCUT2D eigenvalue weighted by Gasteiger charge is 2.15. The summed E-state index contributed by atoms with van der Waals surface area (Å²) in [4.78, 5) is 16.5. The minimum absolute atomic E-state index is 0.568. The lowest BCUT2D eigenvalue weighted by molar-refractivity contribution is 0.200. The average molecular weight is 294 g/mol. The molecule has 110 valence electrons. The first-order chi connectivity index (χ1) is 10.9. The lowest BCUT2D eigenvalue weighted by Crippen LogP contribution is -2.07. The normalized spacial score (nSPS) is 11.5. The van der Waals surface area contributed by atoms with Crippen molar-refractivity contribution in [3.05, 3.63) is 42.5 Å². The molecule has 0 spiro atoms. The number of aromatic nitrogens is 6. The molecule has 7 heteroatoms. The van der Waals surface area contributed by atoms with Gasteiger partial charge in [-0.05, 0) is 0 Å². The minimum atomic E-state index is 0.568. The molecule has 7 nitrogen and oxygen atoms in total. The molecule has 0 atom stereocenters. The van der Waals surface area contributed by atoms with Crippen LogP contribution in [0.15, 0.2) is 36.7 Å². The van der Waals surface area contributed by atoms with Gasteiger partial charge in [0.1, 0.15) is 11.3 Å². The first-order valence-electron chi connectivity index (χ1n) is 7.00. The highest BCUT2D eigenvalue weighted by Crippen LogP contribution is 2.20. The van der Waals surface area contributed by atoms with Crippen molar-refractivity contribution in [2.75, 3.05) is 13.7 Å². The Morgan fingerprint density at radius 2 is 2.05 bits per heavy atom. The summed E-state index contributed by atoms with van der Waals surface area (Å²) in [6.07, 6.45) is 2.27. The average Bonchev–Trinajstić information content (AvgIpc) is 3.19. The van der Waals surface area contributed by atoms with Crippen LogP contribution in [-0.4, -0.2) is 43.3 Å². The zero-order valence-electron chi connectivity index (χ0n) is 12.0. The summed E-state index contributed by atoms with van der Waals surface area (Å²) in [5, 5.41) is 4.61. The van der Waals surface area contributed by atoms with E-state index in [1.165, 1.54) is 0 Å². The van der Waals surface area contributed by atoms with Crippen molar-refractivity contribution in [3.8, 4) is 11.4 Å². The molecule has 0 fully saturated rings. The Morgan fingerprint density at radius 3 is 2.86 bits per heavy atom. The second-order valence-electron chi connectivity index (χ2n) is 4.91. The molecule has 3 aromatic heterocycles. The Hall–Kier alpha value is -2.80. The van der Waals surface area contributed by atoms with Crippen LogP contribution in [0.25, 0.3) is 28.2 Å². The van der Waals surface area contributed by atoms with Crippen molar-refractivity contribution in [2.45, 2.75) is 6.42 Å². The summed E-state index contributed by atoms with van der Waals surface area (Å²) in [7, 11) is 1.67. The van der Waals surface area contributed by atoms with Crippen molar-refractivity contribution >= 4 is 16.8 Å². The Morgan fingerprint density at radius 1 is 1.18 bits per heavy atom. The van der Waals surface area contributed by atoms with E-state index in [-0.39, 0.29) is 0 Å². The second-order valence-corrected chi connectivity index (χ2v) is 4.91. The minimum Gasteiger partial charge on any atom is -0.384 e. The van der Waals surface area contributed by atoms with E-state index in [0.717, 1.165) is 22.6 Å². The fourth-order valence-corrected chi connectivity index (χ4v) is 2.42. The number of benzene rings is 1. The van der Waals surface area contributed by atoms with Crippen LogP contribution in [0.5, 0.6) is 0 Å². The van der Waals surface area contributed by atoms with Gasteiger partial charge >= 0.3 is 0 Å². The number of methoxy groups -OCH3 is 1. The molecule has 0 unspecified atom stereocenters. The van der Waals surface area contributed by atoms with Crippen molar-refractivity contribution in [2.24, 2.45) is 0 Å². The van der Waals surface area contributed by atoms with E-state index in [1.807, 2.05) is 30.3 Å². The van der Waals surface area contributed by atoms with Gasteiger partial charge in [0, 0.05) is 19.1 Å². The maximum absolute atomic E-state index is 5.15. The van der Waals surface area contributed by atoms with Crippen LogP contribution < -0.4 is 0 Å². The molecule has 0 amide bonds. The van der Waals surface area contributed by atoms with Gasteiger partial charge in [0.2, 0.25) is 0 Å². The van der Waals surface area contributed by atoms with Crippen LogP contribution in [0.4, 0.5) is 0 Å². The van der Waals surface area contributed by atoms with Gasteiger partial charge in [-0.2, -0.15) is 4.52 Å². The molecule has 0 aliphatic heterocycles. The van der Waals surface area contributed by atoms with Crippen molar-refractivity contribution in [1.82, 2.24) is 29.5 Å². The molecule has 1 aromatic carbocycles. The maximum Gasteiger partial charge on any atom is 0.185 e. The van der Waals surface area contributed by atoms with Crippen LogP contribution in [0.2, 0.25) is 0 Å². The smallest absolute Gasteiger partial charge is 0.185 e. The molecule has 0 saturated carbocycles. The number of rotatable bonds is 4. The molecule has 22 heavy (non-hydrogen) atoms. The van der Waals surface area contributed by atoms with Gasteiger partial charge in [0.05, 0.1) is 12.9 Å². The molecule has 0 saturated heterocycles. The molecule has 4 rings (SSSR count). The fraction of sp³-hybridized carbons (Fsp3) is 0.200. The monoisotopic (exact) mass is 294 g/mol. The van der Waals surface area contributed by atoms with E-state index in [4.69, 9.17) is 4.74 Å². The highest BCUT2D eigenvalue weighted by molar-refractivity contribution is 5.85. The highest BCUT2D eigenvalue weighted by atomic mass is 16.5. The van der Waals surface area contributed by atoms with Crippen molar-refractivity contribution in [3.63, 3.8) is 0 Å². The number of fused-ring (bicyclic) bond motifs is 3. The van der Waals surface area contributed by atoms with Gasteiger partial charge < -0.3 is 9.72 Å². The van der Waals surface area contributed by atoms with E-state index in [1.54, 1.807) is 18.0 Å². The number of H-pyrrole nitrogens is 1. The SMILES string of the molecule is COCCc1nc2nc[nH]c2c2nc(-c3ccccc3)nn12. The predicted molar refractivity (Wildman–Crippen MR) is 81.4 cm³/mol. The fourth-order valence-electron chi connectivity index (χ4n) is 2.42. The van der Waals surface area contributed by atoms with Gasteiger partial charge in [-0.3, -0.25) is 0 Å². The summed E-state index contributed by atoms with van der Waals surface area (Å²) in [6, 6.07) is 9.88. The standard InChI is InChI=1S/C15H14N6O/c1-22-8-7-11-18-14-12(16-9-17-14)15-19-13(20-21(11)15)10-5-3-2-4-6-10/h2-6,9H,7-8H2,1H3,(H,16,17). The summed E-state index contributed by atoms with van der Waals surface area (Å²) in [6.45, 7) is 0.568. The lowest BCUT2D eigenvalue weighted by atomic mass is 10.2. The molecule has 0 aliphatic carbocycles. The van der Waals surface area contributed by atoms with E-state index in [9.17, 15) is 0 Å². The molecule has 1 N–H and O–H groups in total. The zero-order valence-corrected chi connectivity index (χ0v) is 12.0. The summed E-state index contributed by atoms with van der Waals surface area (Å²) in [5.41, 5.74) is 3.13. The van der Waals surface area contributed by atoms with E-state index in [2.05, 4.69) is 25.0 Å². The van der Waals surface area contributed by atoms with E-state index >= 15 is 0 Å². The van der Waals surface area contributed by atoms with Crippen LogP contribution in [0.1, 0.15) is 5.82 Å². The molecule has 4 aromatic rings. The number of nitrogens with zero attached hydrogens (tertiary/aromatic N) is 5. The predicted octanol–water partition coefficient (Wildman–Crippen LogP) is 1.86. The molecule has 0 radical (unpaired) electrons. The van der Waals surface area contributed by atoms with Gasteiger partial charge in [-0.15, -0.1) is 5.10 Å². The molecular weight excluding hydrogens is 280 g/mol. The van der Waals surface area contributed by atoms with Crippen LogP contribution in [0.3, 0.4) is 0 Å². The molecule has 0 bridgehead atoms. The molecule has 0 aliphatic rings. The van der Waals surface area contributed by atoms with Crippen LogP contribution in [-0.2, 0) is 11.2 Å².